The maximum absolute atomic E-state index is 12.6. The molecule has 0 unspecified atom stereocenters. The average molecular weight is 292 g/mol. The van der Waals surface area contributed by atoms with E-state index >= 15 is 0 Å². The van der Waals surface area contributed by atoms with Crippen molar-refractivity contribution in [3.63, 3.8) is 0 Å². The number of hydrogen-bond acceptors (Lipinski definition) is 3. The van der Waals surface area contributed by atoms with Crippen LogP contribution in [-0.4, -0.2) is 5.76 Å². The highest BCUT2D eigenvalue weighted by molar-refractivity contribution is 7.99. The van der Waals surface area contributed by atoms with Gasteiger partial charge in [-0.1, -0.05) is 36.0 Å². The van der Waals surface area contributed by atoms with Crippen molar-refractivity contribution >= 4 is 23.1 Å². The summed E-state index contributed by atoms with van der Waals surface area (Å²) in [5.41, 5.74) is 9.86. The number of alkyl halides is 2. The molecule has 0 fully saturated rings. The summed E-state index contributed by atoms with van der Waals surface area (Å²) in [6.07, 6.45) is 0. The van der Waals surface area contributed by atoms with Gasteiger partial charge in [0.15, 0.2) is 0 Å². The zero-order valence-corrected chi connectivity index (χ0v) is 11.5. The first-order valence-corrected chi connectivity index (χ1v) is 7.18. The molecule has 5 heteroatoms. The Hall–Kier alpha value is -1.75. The number of nitrogens with two attached hydrogens (primary N) is 1. The molecule has 0 radical (unpaired) electrons. The summed E-state index contributed by atoms with van der Waals surface area (Å²) in [5, 5.41) is 0. The molecule has 20 heavy (non-hydrogen) atoms. The van der Waals surface area contributed by atoms with Crippen LogP contribution in [0.1, 0.15) is 11.1 Å². The number of thioether (sulfide) groups is 1. The molecule has 104 valence electrons. The summed E-state index contributed by atoms with van der Waals surface area (Å²) in [5.74, 6) is -2.41. The second-order valence-corrected chi connectivity index (χ2v) is 5.72. The predicted molar refractivity (Wildman–Crippen MR) is 79.0 cm³/mol. The third kappa shape index (κ3) is 2.45. The fourth-order valence-corrected chi connectivity index (χ4v) is 3.20. The molecule has 0 aliphatic carbocycles. The lowest BCUT2D eigenvalue weighted by molar-refractivity contribution is 0.252. The van der Waals surface area contributed by atoms with Gasteiger partial charge < -0.3 is 10.6 Å². The minimum Gasteiger partial charge on any atom is -0.398 e. The summed E-state index contributed by atoms with van der Waals surface area (Å²) in [4.78, 5) is 2.69. The van der Waals surface area contributed by atoms with Crippen molar-refractivity contribution in [2.75, 3.05) is 10.6 Å². The average Bonchev–Trinajstić information content (AvgIpc) is 2.84. The molecule has 3 rings (SSSR count). The minimum absolute atomic E-state index is 0.589. The van der Waals surface area contributed by atoms with Crippen LogP contribution in [0.15, 0.2) is 47.4 Å². The van der Waals surface area contributed by atoms with Crippen molar-refractivity contribution in [2.45, 2.75) is 23.7 Å². The molecule has 0 saturated heterocycles. The number of benzene rings is 2. The third-order valence-corrected chi connectivity index (χ3v) is 4.22. The van der Waals surface area contributed by atoms with Crippen molar-refractivity contribution in [1.82, 2.24) is 0 Å². The van der Waals surface area contributed by atoms with E-state index in [9.17, 15) is 8.78 Å². The van der Waals surface area contributed by atoms with Crippen LogP contribution in [0.5, 0.6) is 0 Å². The molecule has 1 aliphatic rings. The first kappa shape index (κ1) is 13.2. The number of para-hydroxylation sites is 1. The number of nitrogen functional groups attached to an aromatic ring is 1. The van der Waals surface area contributed by atoms with E-state index < -0.39 is 5.76 Å². The molecule has 2 N–H and O–H groups in total. The lowest BCUT2D eigenvalue weighted by atomic mass is 10.1. The van der Waals surface area contributed by atoms with E-state index in [1.54, 1.807) is 12.1 Å². The van der Waals surface area contributed by atoms with Crippen molar-refractivity contribution < 1.29 is 8.78 Å². The fraction of sp³-hybridized carbons (Fsp3) is 0.200. The highest BCUT2D eigenvalue weighted by atomic mass is 32.2. The van der Waals surface area contributed by atoms with E-state index in [0.717, 1.165) is 16.9 Å². The molecule has 0 aromatic heterocycles. The van der Waals surface area contributed by atoms with Gasteiger partial charge in [-0.05, 0) is 29.3 Å². The zero-order valence-electron chi connectivity index (χ0n) is 10.7. The van der Waals surface area contributed by atoms with E-state index in [2.05, 4.69) is 4.90 Å². The van der Waals surface area contributed by atoms with E-state index in [1.807, 2.05) is 30.3 Å². The molecule has 1 heterocycles. The van der Waals surface area contributed by atoms with Crippen LogP contribution in [0, 0.1) is 0 Å². The van der Waals surface area contributed by atoms with Gasteiger partial charge in [-0.15, -0.1) is 0 Å². The summed E-state index contributed by atoms with van der Waals surface area (Å²) in [6, 6.07) is 13.1. The summed E-state index contributed by atoms with van der Waals surface area (Å²) in [6.45, 7) is 1.38. The number of nitrogens with zero attached hydrogens (tertiary/aromatic N) is 1. The molecular formula is C15H14F2N2S. The predicted octanol–water partition coefficient (Wildman–Crippen LogP) is 4.10. The Bertz CT molecular complexity index is 631. The number of fused-ring (bicyclic) bond motifs is 1. The first-order chi connectivity index (χ1) is 9.65. The maximum Gasteiger partial charge on any atom is 0.288 e. The van der Waals surface area contributed by atoms with Crippen molar-refractivity contribution in [3.05, 3.63) is 53.6 Å². The van der Waals surface area contributed by atoms with Gasteiger partial charge >= 0.3 is 0 Å². The Morgan fingerprint density at radius 3 is 2.60 bits per heavy atom. The molecule has 2 aromatic carbocycles. The van der Waals surface area contributed by atoms with Gasteiger partial charge in [0.1, 0.15) is 0 Å². The number of rotatable bonds is 3. The topological polar surface area (TPSA) is 29.3 Å². The van der Waals surface area contributed by atoms with Crippen LogP contribution in [0.3, 0.4) is 0 Å². The van der Waals surface area contributed by atoms with E-state index in [4.69, 9.17) is 5.73 Å². The minimum atomic E-state index is -2.41. The molecule has 0 atom stereocenters. The van der Waals surface area contributed by atoms with Gasteiger partial charge in [0.25, 0.3) is 5.76 Å². The Balaban J connectivity index is 1.91. The van der Waals surface area contributed by atoms with Crippen LogP contribution in [0.4, 0.5) is 20.2 Å². The van der Waals surface area contributed by atoms with Crippen LogP contribution < -0.4 is 10.6 Å². The van der Waals surface area contributed by atoms with Crippen molar-refractivity contribution in [1.29, 1.82) is 0 Å². The van der Waals surface area contributed by atoms with Gasteiger partial charge in [-0.3, -0.25) is 0 Å². The van der Waals surface area contributed by atoms with Gasteiger partial charge in [0, 0.05) is 23.7 Å². The van der Waals surface area contributed by atoms with Crippen LogP contribution in [0.25, 0.3) is 0 Å². The Morgan fingerprint density at radius 2 is 1.85 bits per heavy atom. The van der Waals surface area contributed by atoms with Gasteiger partial charge in [-0.2, -0.15) is 8.78 Å². The number of halogens is 2. The summed E-state index contributed by atoms with van der Waals surface area (Å²) < 4.78 is 25.3. The zero-order chi connectivity index (χ0) is 14.1. The molecule has 2 aromatic rings. The SMILES string of the molecule is Nc1cccc2c1CN(c1ccccc1SC(F)F)C2. The first-order valence-electron chi connectivity index (χ1n) is 6.30. The highest BCUT2D eigenvalue weighted by Crippen LogP contribution is 2.38. The van der Waals surface area contributed by atoms with Crippen LogP contribution >= 0.6 is 11.8 Å². The quantitative estimate of drug-likeness (QED) is 0.682. The summed E-state index contributed by atoms with van der Waals surface area (Å²) >= 11 is 0.589. The van der Waals surface area contributed by atoms with Crippen molar-refractivity contribution in [3.8, 4) is 0 Å². The second-order valence-electron chi connectivity index (χ2n) is 4.69. The van der Waals surface area contributed by atoms with Crippen LogP contribution in [0.2, 0.25) is 0 Å². The third-order valence-electron chi connectivity index (χ3n) is 3.44. The molecule has 0 bridgehead atoms. The molecule has 0 spiro atoms. The fourth-order valence-electron chi connectivity index (χ4n) is 2.53. The van der Waals surface area contributed by atoms with Gasteiger partial charge in [-0.25, -0.2) is 0 Å². The van der Waals surface area contributed by atoms with Crippen molar-refractivity contribution in [2.24, 2.45) is 0 Å². The lowest BCUT2D eigenvalue weighted by Gasteiger charge is -2.21. The smallest absolute Gasteiger partial charge is 0.288 e. The van der Waals surface area contributed by atoms with Crippen LogP contribution in [-0.2, 0) is 13.1 Å². The maximum atomic E-state index is 12.6. The van der Waals surface area contributed by atoms with E-state index in [-0.39, 0.29) is 0 Å². The molecule has 2 nitrogen and oxygen atoms in total. The molecular weight excluding hydrogens is 278 g/mol. The Kier molecular flexibility index (Phi) is 3.53. The lowest BCUT2D eigenvalue weighted by Crippen LogP contribution is -2.15. The largest absolute Gasteiger partial charge is 0.398 e. The standard InChI is InChI=1S/C15H14F2N2S/c16-15(17)20-14-7-2-1-6-13(14)19-8-10-4-3-5-12(18)11(10)9-19/h1-7,15H,8-9,18H2. The Labute approximate surface area is 120 Å². The van der Waals surface area contributed by atoms with Gasteiger partial charge in [0.05, 0.1) is 5.69 Å². The number of anilines is 2. The molecule has 0 amide bonds. The number of hydrogen-bond donors (Lipinski definition) is 1. The Morgan fingerprint density at radius 1 is 1.05 bits per heavy atom. The van der Waals surface area contributed by atoms with E-state index in [0.29, 0.717) is 29.7 Å². The normalized spacial score (nSPS) is 13.8. The molecule has 1 aliphatic heterocycles. The second kappa shape index (κ2) is 5.32. The summed E-state index contributed by atoms with van der Waals surface area (Å²) in [7, 11) is 0. The highest BCUT2D eigenvalue weighted by Gasteiger charge is 2.23. The molecule has 0 saturated carbocycles. The van der Waals surface area contributed by atoms with E-state index in [1.165, 1.54) is 5.56 Å². The van der Waals surface area contributed by atoms with Gasteiger partial charge in [0.2, 0.25) is 0 Å². The monoisotopic (exact) mass is 292 g/mol.